The third kappa shape index (κ3) is 2.38. The van der Waals surface area contributed by atoms with Crippen molar-refractivity contribution in [2.75, 3.05) is 19.7 Å². The smallest absolute Gasteiger partial charge is 0.235 e. The van der Waals surface area contributed by atoms with Crippen LogP contribution in [0.4, 0.5) is 0 Å². The first kappa shape index (κ1) is 10.9. The highest BCUT2D eigenvalue weighted by Gasteiger charge is 2.36. The maximum Gasteiger partial charge on any atom is 0.235 e. The van der Waals surface area contributed by atoms with E-state index in [1.165, 1.54) is 0 Å². The molecule has 1 N–H and O–H groups in total. The predicted molar refractivity (Wildman–Crippen MR) is 54.8 cm³/mol. The summed E-state index contributed by atoms with van der Waals surface area (Å²) in [5.41, 5.74) is -0.0989. The lowest BCUT2D eigenvalue weighted by molar-refractivity contribution is -0.129. The number of carbonyl (C=O) groups excluding carboxylic acids is 1. The van der Waals surface area contributed by atoms with Gasteiger partial charge in [-0.3, -0.25) is 4.79 Å². The van der Waals surface area contributed by atoms with Crippen LogP contribution in [0.15, 0.2) is 0 Å². The van der Waals surface area contributed by atoms with Crippen molar-refractivity contribution in [2.45, 2.75) is 25.5 Å². The highest BCUT2D eigenvalue weighted by Crippen LogP contribution is 2.29. The number of aliphatic hydroxyl groups excluding tert-OH is 1. The first-order chi connectivity index (χ1) is 5.98. The number of likely N-dealkylation sites (tertiary alicyclic amines) is 1. The summed E-state index contributed by atoms with van der Waals surface area (Å²) in [6.45, 7) is 5.34. The summed E-state index contributed by atoms with van der Waals surface area (Å²) in [6, 6.07) is 0. The molecule has 3 nitrogen and oxygen atoms in total. The van der Waals surface area contributed by atoms with Gasteiger partial charge in [-0.25, -0.2) is 0 Å². The maximum absolute atomic E-state index is 11.5. The van der Waals surface area contributed by atoms with E-state index in [9.17, 15) is 4.79 Å². The zero-order valence-corrected chi connectivity index (χ0v) is 9.05. The molecule has 0 bridgehead atoms. The highest BCUT2D eigenvalue weighted by atomic mass is 32.1. The summed E-state index contributed by atoms with van der Waals surface area (Å²) in [7, 11) is 0. The molecule has 0 aromatic heterocycles. The van der Waals surface area contributed by atoms with E-state index in [0.29, 0.717) is 6.54 Å². The first-order valence-electron chi connectivity index (χ1n) is 4.56. The number of hydrogen-bond acceptors (Lipinski definition) is 3. The Balaban J connectivity index is 2.55. The molecule has 0 aromatic carbocycles. The Morgan fingerprint density at radius 1 is 1.77 bits per heavy atom. The molecule has 0 spiro atoms. The molecule has 1 amide bonds. The van der Waals surface area contributed by atoms with Gasteiger partial charge in [0.25, 0.3) is 0 Å². The normalized spacial score (nSPS) is 30.6. The molecule has 1 fully saturated rings. The average Bonchev–Trinajstić information content (AvgIpc) is 2.47. The summed E-state index contributed by atoms with van der Waals surface area (Å²) >= 11 is 4.10. The van der Waals surface area contributed by atoms with E-state index in [0.717, 1.165) is 13.0 Å². The van der Waals surface area contributed by atoms with Crippen molar-refractivity contribution in [3.63, 3.8) is 0 Å². The van der Waals surface area contributed by atoms with E-state index >= 15 is 0 Å². The third-order valence-electron chi connectivity index (χ3n) is 2.61. The number of amides is 1. The highest BCUT2D eigenvalue weighted by molar-refractivity contribution is 7.81. The fourth-order valence-electron chi connectivity index (χ4n) is 1.61. The molecule has 0 saturated carbocycles. The Hall–Kier alpha value is -0.220. The number of carbonyl (C=O) groups is 1. The average molecular weight is 203 g/mol. The first-order valence-corrected chi connectivity index (χ1v) is 5.08. The summed E-state index contributed by atoms with van der Waals surface area (Å²) < 4.78 is 0. The molecule has 4 heteroatoms. The van der Waals surface area contributed by atoms with Crippen LogP contribution in [-0.4, -0.2) is 40.9 Å². The minimum atomic E-state index is -0.235. The summed E-state index contributed by atoms with van der Waals surface area (Å²) in [6.07, 6.45) is 0.885. The van der Waals surface area contributed by atoms with Gasteiger partial charge in [-0.15, -0.1) is 0 Å². The lowest BCUT2D eigenvalue weighted by Gasteiger charge is -2.22. The van der Waals surface area contributed by atoms with Gasteiger partial charge in [-0.2, -0.15) is 12.6 Å². The van der Waals surface area contributed by atoms with Crippen LogP contribution in [0.5, 0.6) is 0 Å². The number of hydrogen-bond donors (Lipinski definition) is 2. The van der Waals surface area contributed by atoms with Crippen LogP contribution in [0.25, 0.3) is 0 Å². The van der Waals surface area contributed by atoms with Gasteiger partial charge in [-0.05, 0) is 13.3 Å². The predicted octanol–water partition coefficient (Wildman–Crippen LogP) is 0.536. The molecule has 0 aromatic rings. The van der Waals surface area contributed by atoms with Crippen molar-refractivity contribution in [3.05, 3.63) is 0 Å². The zero-order valence-electron chi connectivity index (χ0n) is 8.16. The summed E-state index contributed by atoms with van der Waals surface area (Å²) in [5, 5.41) is 8.87. The van der Waals surface area contributed by atoms with Crippen molar-refractivity contribution in [1.82, 2.24) is 4.90 Å². The Morgan fingerprint density at radius 3 is 2.77 bits per heavy atom. The van der Waals surface area contributed by atoms with Gasteiger partial charge in [0.15, 0.2) is 0 Å². The van der Waals surface area contributed by atoms with Crippen molar-refractivity contribution in [1.29, 1.82) is 0 Å². The van der Waals surface area contributed by atoms with E-state index in [4.69, 9.17) is 5.11 Å². The zero-order chi connectivity index (χ0) is 10.1. The molecule has 0 aliphatic carbocycles. The van der Waals surface area contributed by atoms with Gasteiger partial charge in [0.2, 0.25) is 5.91 Å². The van der Waals surface area contributed by atoms with Crippen LogP contribution < -0.4 is 0 Å². The lowest BCUT2D eigenvalue weighted by Crippen LogP contribution is -2.36. The monoisotopic (exact) mass is 203 g/mol. The number of nitrogens with zero attached hydrogens (tertiary/aromatic N) is 1. The standard InChI is InChI=1S/C9H17NO2S/c1-7(13)8(12)10-4-3-9(2,5-10)6-11/h7,11,13H,3-6H2,1-2H3. The van der Waals surface area contributed by atoms with Gasteiger partial charge in [0, 0.05) is 18.5 Å². The topological polar surface area (TPSA) is 40.5 Å². The lowest BCUT2D eigenvalue weighted by atomic mass is 9.91. The molecule has 0 radical (unpaired) electrons. The van der Waals surface area contributed by atoms with E-state index < -0.39 is 0 Å². The van der Waals surface area contributed by atoms with Crippen LogP contribution in [0.1, 0.15) is 20.3 Å². The van der Waals surface area contributed by atoms with E-state index in [1.807, 2.05) is 6.92 Å². The van der Waals surface area contributed by atoms with Crippen LogP contribution in [0.2, 0.25) is 0 Å². The molecular weight excluding hydrogens is 186 g/mol. The molecule has 76 valence electrons. The van der Waals surface area contributed by atoms with Gasteiger partial charge in [-0.1, -0.05) is 6.92 Å². The van der Waals surface area contributed by atoms with Gasteiger partial charge < -0.3 is 10.0 Å². The van der Waals surface area contributed by atoms with Gasteiger partial charge in [0.05, 0.1) is 11.9 Å². The van der Waals surface area contributed by atoms with Crippen LogP contribution in [0.3, 0.4) is 0 Å². The quantitative estimate of drug-likeness (QED) is 0.643. The number of aliphatic hydroxyl groups is 1. The molecule has 2 unspecified atom stereocenters. The number of thiol groups is 1. The van der Waals surface area contributed by atoms with Crippen molar-refractivity contribution in [2.24, 2.45) is 5.41 Å². The second-order valence-corrected chi connectivity index (χ2v) is 4.93. The Kier molecular flexibility index (Phi) is 3.24. The van der Waals surface area contributed by atoms with Crippen molar-refractivity contribution in [3.8, 4) is 0 Å². The van der Waals surface area contributed by atoms with Crippen LogP contribution in [-0.2, 0) is 4.79 Å². The Labute approximate surface area is 84.5 Å². The largest absolute Gasteiger partial charge is 0.396 e. The van der Waals surface area contributed by atoms with Crippen molar-refractivity contribution >= 4 is 18.5 Å². The third-order valence-corrected chi connectivity index (χ3v) is 2.83. The molecule has 2 atom stereocenters. The SMILES string of the molecule is CC(S)C(=O)N1CCC(C)(CO)C1. The molecule has 1 saturated heterocycles. The van der Waals surface area contributed by atoms with Gasteiger partial charge in [0.1, 0.15) is 0 Å². The molecule has 13 heavy (non-hydrogen) atoms. The minimum absolute atomic E-state index is 0.0699. The molecule has 1 aliphatic heterocycles. The fraction of sp³-hybridized carbons (Fsp3) is 0.889. The summed E-state index contributed by atoms with van der Waals surface area (Å²) in [4.78, 5) is 13.3. The minimum Gasteiger partial charge on any atom is -0.396 e. The molecule has 1 rings (SSSR count). The van der Waals surface area contributed by atoms with Crippen LogP contribution in [0, 0.1) is 5.41 Å². The van der Waals surface area contributed by atoms with E-state index in [-0.39, 0.29) is 23.2 Å². The van der Waals surface area contributed by atoms with Gasteiger partial charge >= 0.3 is 0 Å². The molecule has 1 aliphatic rings. The maximum atomic E-state index is 11.5. The second kappa shape index (κ2) is 3.88. The van der Waals surface area contributed by atoms with E-state index in [2.05, 4.69) is 12.6 Å². The molecular formula is C9H17NO2S. The second-order valence-electron chi connectivity index (χ2n) is 4.15. The Bertz CT molecular complexity index is 208. The van der Waals surface area contributed by atoms with Crippen molar-refractivity contribution < 1.29 is 9.90 Å². The fourth-order valence-corrected chi connectivity index (χ4v) is 1.77. The number of rotatable bonds is 2. The molecule has 1 heterocycles. The van der Waals surface area contributed by atoms with E-state index in [1.54, 1.807) is 11.8 Å². The Morgan fingerprint density at radius 2 is 2.38 bits per heavy atom. The van der Waals surface area contributed by atoms with Crippen LogP contribution >= 0.6 is 12.6 Å². The summed E-state index contributed by atoms with van der Waals surface area (Å²) in [5.74, 6) is 0.0699.